The summed E-state index contributed by atoms with van der Waals surface area (Å²) in [5.41, 5.74) is 2.12. The number of rotatable bonds is 5. The molecule has 0 unspecified atom stereocenters. The first-order valence-electron chi connectivity index (χ1n) is 6.63. The van der Waals surface area contributed by atoms with E-state index in [2.05, 4.69) is 15.5 Å². The summed E-state index contributed by atoms with van der Waals surface area (Å²) >= 11 is 7.57. The zero-order chi connectivity index (χ0) is 15.5. The Bertz CT molecular complexity index is 809. The van der Waals surface area contributed by atoms with Crippen molar-refractivity contribution in [2.24, 2.45) is 0 Å². The molecule has 1 N–H and O–H groups in total. The van der Waals surface area contributed by atoms with Crippen LogP contribution in [0, 0.1) is 5.82 Å². The van der Waals surface area contributed by atoms with E-state index < -0.39 is 0 Å². The zero-order valence-electron chi connectivity index (χ0n) is 11.8. The molecule has 0 bridgehead atoms. The van der Waals surface area contributed by atoms with Gasteiger partial charge in [0.15, 0.2) is 5.15 Å². The van der Waals surface area contributed by atoms with Crippen LogP contribution in [0.25, 0.3) is 21.3 Å². The number of hydrogen-bond donors (Lipinski definition) is 1. The predicted molar refractivity (Wildman–Crippen MR) is 88.2 cm³/mol. The van der Waals surface area contributed by atoms with E-state index in [0.29, 0.717) is 29.7 Å². The summed E-state index contributed by atoms with van der Waals surface area (Å²) < 4.78 is 19.5. The Morgan fingerprint density at radius 1 is 1.32 bits per heavy atom. The molecule has 0 atom stereocenters. The SMILES string of the molecule is COCCNc1cc(F)ccc1-c1nnc(Cl)c2sccc12. The van der Waals surface area contributed by atoms with Crippen molar-refractivity contribution < 1.29 is 9.13 Å². The molecule has 1 aromatic carbocycles. The van der Waals surface area contributed by atoms with Crippen molar-refractivity contribution in [2.45, 2.75) is 0 Å². The maximum atomic E-state index is 13.6. The molecule has 0 radical (unpaired) electrons. The standard InChI is InChI=1S/C15H13ClFN3OS/c1-21-6-5-18-12-8-9(17)2-3-10(12)13-11-4-7-22-14(11)15(16)20-19-13/h2-4,7-8,18H,5-6H2,1H3. The number of hydrogen-bond acceptors (Lipinski definition) is 5. The molecule has 0 saturated heterocycles. The molecule has 0 saturated carbocycles. The van der Waals surface area contributed by atoms with Gasteiger partial charge in [-0.1, -0.05) is 11.6 Å². The number of nitrogens with one attached hydrogen (secondary N) is 1. The Kier molecular flexibility index (Phi) is 4.52. The maximum absolute atomic E-state index is 13.6. The van der Waals surface area contributed by atoms with Gasteiger partial charge in [0.2, 0.25) is 0 Å². The molecule has 0 aliphatic carbocycles. The molecule has 0 amide bonds. The Labute approximate surface area is 135 Å². The monoisotopic (exact) mass is 337 g/mol. The number of thiophene rings is 1. The lowest BCUT2D eigenvalue weighted by Gasteiger charge is -2.12. The minimum atomic E-state index is -0.313. The van der Waals surface area contributed by atoms with E-state index in [4.69, 9.17) is 16.3 Å². The number of ether oxygens (including phenoxy) is 1. The lowest BCUT2D eigenvalue weighted by molar-refractivity contribution is 0.211. The summed E-state index contributed by atoms with van der Waals surface area (Å²) in [5.74, 6) is -0.313. The lowest BCUT2D eigenvalue weighted by Crippen LogP contribution is -2.09. The second-order valence-electron chi connectivity index (χ2n) is 4.61. The van der Waals surface area contributed by atoms with Gasteiger partial charge in [0.05, 0.1) is 11.3 Å². The summed E-state index contributed by atoms with van der Waals surface area (Å²) in [4.78, 5) is 0. The van der Waals surface area contributed by atoms with Crippen molar-refractivity contribution in [2.75, 3.05) is 25.6 Å². The third kappa shape index (κ3) is 2.90. The van der Waals surface area contributed by atoms with Crippen LogP contribution in [-0.4, -0.2) is 30.5 Å². The van der Waals surface area contributed by atoms with Crippen LogP contribution in [0.2, 0.25) is 5.15 Å². The number of aromatic nitrogens is 2. The zero-order valence-corrected chi connectivity index (χ0v) is 13.3. The largest absolute Gasteiger partial charge is 0.383 e. The number of anilines is 1. The number of methoxy groups -OCH3 is 1. The van der Waals surface area contributed by atoms with Crippen molar-refractivity contribution >= 4 is 38.7 Å². The summed E-state index contributed by atoms with van der Waals surface area (Å²) in [6.07, 6.45) is 0. The molecule has 0 spiro atoms. The van der Waals surface area contributed by atoms with Gasteiger partial charge in [-0.3, -0.25) is 0 Å². The normalized spacial score (nSPS) is 11.0. The molecule has 0 fully saturated rings. The fourth-order valence-corrected chi connectivity index (χ4v) is 3.25. The molecule has 3 aromatic rings. The second kappa shape index (κ2) is 6.56. The summed E-state index contributed by atoms with van der Waals surface area (Å²) in [7, 11) is 1.62. The second-order valence-corrected chi connectivity index (χ2v) is 5.89. The minimum absolute atomic E-state index is 0.313. The quantitative estimate of drug-likeness (QED) is 0.708. The van der Waals surface area contributed by atoms with Crippen LogP contribution in [0.4, 0.5) is 10.1 Å². The van der Waals surface area contributed by atoms with E-state index in [1.54, 1.807) is 13.2 Å². The molecule has 4 nitrogen and oxygen atoms in total. The topological polar surface area (TPSA) is 47.0 Å². The smallest absolute Gasteiger partial charge is 0.169 e. The van der Waals surface area contributed by atoms with E-state index in [1.165, 1.54) is 23.5 Å². The maximum Gasteiger partial charge on any atom is 0.169 e. The van der Waals surface area contributed by atoms with Crippen LogP contribution in [0.15, 0.2) is 29.6 Å². The van der Waals surface area contributed by atoms with E-state index >= 15 is 0 Å². The van der Waals surface area contributed by atoms with E-state index in [9.17, 15) is 4.39 Å². The van der Waals surface area contributed by atoms with Gasteiger partial charge in [0, 0.05) is 30.3 Å². The highest BCUT2D eigenvalue weighted by molar-refractivity contribution is 7.17. The molecule has 7 heteroatoms. The van der Waals surface area contributed by atoms with Gasteiger partial charge >= 0.3 is 0 Å². The van der Waals surface area contributed by atoms with Gasteiger partial charge in [-0.25, -0.2) is 4.39 Å². The fourth-order valence-electron chi connectivity index (χ4n) is 2.20. The first kappa shape index (κ1) is 15.1. The van der Waals surface area contributed by atoms with Crippen LogP contribution < -0.4 is 5.32 Å². The summed E-state index contributed by atoms with van der Waals surface area (Å²) in [6.45, 7) is 1.09. The van der Waals surface area contributed by atoms with Crippen molar-refractivity contribution in [3.05, 3.63) is 40.6 Å². The first-order valence-corrected chi connectivity index (χ1v) is 7.88. The van der Waals surface area contributed by atoms with Gasteiger partial charge in [0.1, 0.15) is 11.5 Å². The molecule has 22 heavy (non-hydrogen) atoms. The average Bonchev–Trinajstić information content (AvgIpc) is 2.99. The Morgan fingerprint density at radius 2 is 2.18 bits per heavy atom. The van der Waals surface area contributed by atoms with E-state index in [0.717, 1.165) is 15.6 Å². The van der Waals surface area contributed by atoms with Gasteiger partial charge in [-0.2, -0.15) is 0 Å². The van der Waals surface area contributed by atoms with Crippen LogP contribution in [0.5, 0.6) is 0 Å². The fraction of sp³-hybridized carbons (Fsp3) is 0.200. The highest BCUT2D eigenvalue weighted by atomic mass is 35.5. The number of halogens is 2. The molecule has 2 aromatic heterocycles. The van der Waals surface area contributed by atoms with Crippen LogP contribution in [0.1, 0.15) is 0 Å². The van der Waals surface area contributed by atoms with Gasteiger partial charge in [-0.05, 0) is 29.6 Å². The lowest BCUT2D eigenvalue weighted by atomic mass is 10.1. The molecular formula is C15H13ClFN3OS. The Hall–Kier alpha value is -1.76. The number of nitrogens with zero attached hydrogens (tertiary/aromatic N) is 2. The van der Waals surface area contributed by atoms with E-state index in [1.807, 2.05) is 11.4 Å². The van der Waals surface area contributed by atoms with Crippen LogP contribution >= 0.6 is 22.9 Å². The molecule has 0 aliphatic heterocycles. The molecule has 3 rings (SSSR count). The van der Waals surface area contributed by atoms with Gasteiger partial charge < -0.3 is 10.1 Å². The minimum Gasteiger partial charge on any atom is -0.383 e. The van der Waals surface area contributed by atoms with Crippen LogP contribution in [0.3, 0.4) is 0 Å². The van der Waals surface area contributed by atoms with Crippen molar-refractivity contribution in [1.82, 2.24) is 10.2 Å². The van der Waals surface area contributed by atoms with Crippen molar-refractivity contribution in [3.8, 4) is 11.3 Å². The highest BCUT2D eigenvalue weighted by Gasteiger charge is 2.14. The van der Waals surface area contributed by atoms with Gasteiger partial charge in [-0.15, -0.1) is 21.5 Å². The Morgan fingerprint density at radius 3 is 3.00 bits per heavy atom. The predicted octanol–water partition coefficient (Wildman–Crippen LogP) is 4.21. The third-order valence-electron chi connectivity index (χ3n) is 3.20. The third-order valence-corrected chi connectivity index (χ3v) is 4.50. The summed E-state index contributed by atoms with van der Waals surface area (Å²) in [5, 5.41) is 14.6. The number of fused-ring (bicyclic) bond motifs is 1. The molecule has 2 heterocycles. The van der Waals surface area contributed by atoms with Gasteiger partial charge in [0.25, 0.3) is 0 Å². The molecule has 114 valence electrons. The molecule has 0 aliphatic rings. The van der Waals surface area contributed by atoms with Crippen molar-refractivity contribution in [3.63, 3.8) is 0 Å². The van der Waals surface area contributed by atoms with E-state index in [-0.39, 0.29) is 5.82 Å². The van der Waals surface area contributed by atoms with Crippen LogP contribution in [-0.2, 0) is 4.74 Å². The summed E-state index contributed by atoms with van der Waals surface area (Å²) in [6, 6.07) is 6.49. The average molecular weight is 338 g/mol. The van der Waals surface area contributed by atoms with Crippen molar-refractivity contribution in [1.29, 1.82) is 0 Å². The molecular weight excluding hydrogens is 325 g/mol. The highest BCUT2D eigenvalue weighted by Crippen LogP contribution is 2.36. The number of benzene rings is 1. The Balaban J connectivity index is 2.09. The first-order chi connectivity index (χ1) is 10.7.